The molecule has 2 N–H and O–H groups in total. The summed E-state index contributed by atoms with van der Waals surface area (Å²) in [5.41, 5.74) is 1.98. The highest BCUT2D eigenvalue weighted by atomic mass is 127. The number of carboxylic acid groups (broad SMARTS) is 1. The maximum atomic E-state index is 11.6. The summed E-state index contributed by atoms with van der Waals surface area (Å²) in [6, 6.07) is 8.81. The molecule has 0 aliphatic heterocycles. The number of carboxylic acids is 1. The largest absolute Gasteiger partial charge is 0.478 e. The Kier molecular flexibility index (Phi) is 5.12. The average molecular weight is 519 g/mol. The van der Waals surface area contributed by atoms with Gasteiger partial charge in [-0.2, -0.15) is 0 Å². The van der Waals surface area contributed by atoms with Crippen LogP contribution in [0.1, 0.15) is 10.4 Å². The lowest BCUT2D eigenvalue weighted by Crippen LogP contribution is -2.05. The standard InChI is InChI=1S/C16H10BrClIN3O2/c17-11-6-10(16(23)24)14(7-15(11)22-4-3-20-8-22)21-13-2-1-9(19)5-12(13)18/h1-8,21H,(H,23,24). The van der Waals surface area contributed by atoms with Gasteiger partial charge in [-0.1, -0.05) is 11.6 Å². The monoisotopic (exact) mass is 517 g/mol. The first kappa shape index (κ1) is 17.2. The average Bonchev–Trinajstić information content (AvgIpc) is 3.05. The van der Waals surface area contributed by atoms with Crippen molar-refractivity contribution < 1.29 is 9.90 Å². The van der Waals surface area contributed by atoms with Crippen LogP contribution in [0.4, 0.5) is 11.4 Å². The molecular weight excluding hydrogens is 508 g/mol. The quantitative estimate of drug-likeness (QED) is 0.458. The highest BCUT2D eigenvalue weighted by Gasteiger charge is 2.16. The minimum absolute atomic E-state index is 0.139. The van der Waals surface area contributed by atoms with E-state index in [1.54, 1.807) is 41.5 Å². The maximum Gasteiger partial charge on any atom is 0.337 e. The number of aromatic carboxylic acids is 1. The van der Waals surface area contributed by atoms with Crippen molar-refractivity contribution in [3.63, 3.8) is 0 Å². The lowest BCUT2D eigenvalue weighted by Gasteiger charge is -2.15. The second kappa shape index (κ2) is 7.12. The minimum atomic E-state index is -1.03. The zero-order valence-corrected chi connectivity index (χ0v) is 16.5. The number of nitrogens with one attached hydrogen (secondary N) is 1. The third-order valence-electron chi connectivity index (χ3n) is 3.30. The summed E-state index contributed by atoms with van der Waals surface area (Å²) in [6.45, 7) is 0. The zero-order valence-electron chi connectivity index (χ0n) is 12.0. The molecule has 1 heterocycles. The summed E-state index contributed by atoms with van der Waals surface area (Å²) in [6.07, 6.45) is 5.07. The van der Waals surface area contributed by atoms with Gasteiger partial charge in [0, 0.05) is 20.4 Å². The van der Waals surface area contributed by atoms with Gasteiger partial charge in [-0.3, -0.25) is 0 Å². The Morgan fingerprint density at radius 1 is 1.29 bits per heavy atom. The summed E-state index contributed by atoms with van der Waals surface area (Å²) in [4.78, 5) is 15.6. The number of hydrogen-bond acceptors (Lipinski definition) is 3. The smallest absolute Gasteiger partial charge is 0.337 e. The van der Waals surface area contributed by atoms with E-state index in [1.165, 1.54) is 0 Å². The molecule has 0 spiro atoms. The van der Waals surface area contributed by atoms with Crippen LogP contribution in [0, 0.1) is 3.57 Å². The molecule has 24 heavy (non-hydrogen) atoms. The first-order valence-electron chi connectivity index (χ1n) is 6.73. The lowest BCUT2D eigenvalue weighted by atomic mass is 10.1. The van der Waals surface area contributed by atoms with Crippen LogP contribution in [0.2, 0.25) is 5.02 Å². The van der Waals surface area contributed by atoms with Gasteiger partial charge in [-0.25, -0.2) is 9.78 Å². The van der Waals surface area contributed by atoms with Crippen molar-refractivity contribution in [1.29, 1.82) is 0 Å². The molecule has 3 aromatic rings. The van der Waals surface area contributed by atoms with Crippen LogP contribution < -0.4 is 5.32 Å². The summed E-state index contributed by atoms with van der Waals surface area (Å²) in [5, 5.41) is 13.1. The van der Waals surface area contributed by atoms with Crippen molar-refractivity contribution in [3.05, 3.63) is 67.7 Å². The molecule has 5 nitrogen and oxygen atoms in total. The summed E-state index contributed by atoms with van der Waals surface area (Å²) < 4.78 is 3.44. The number of halogens is 3. The highest BCUT2D eigenvalue weighted by Crippen LogP contribution is 2.33. The summed E-state index contributed by atoms with van der Waals surface area (Å²) in [5.74, 6) is -1.03. The number of carbonyl (C=O) groups is 1. The summed E-state index contributed by atoms with van der Waals surface area (Å²) in [7, 11) is 0. The molecule has 0 unspecified atom stereocenters. The van der Waals surface area contributed by atoms with Crippen molar-refractivity contribution >= 4 is 67.5 Å². The van der Waals surface area contributed by atoms with Crippen molar-refractivity contribution in [2.75, 3.05) is 5.32 Å². The highest BCUT2D eigenvalue weighted by molar-refractivity contribution is 14.1. The van der Waals surface area contributed by atoms with E-state index in [4.69, 9.17) is 11.6 Å². The van der Waals surface area contributed by atoms with Crippen LogP contribution >= 0.6 is 50.1 Å². The van der Waals surface area contributed by atoms with Crippen molar-refractivity contribution in [1.82, 2.24) is 9.55 Å². The van der Waals surface area contributed by atoms with Crippen molar-refractivity contribution in [2.45, 2.75) is 0 Å². The first-order chi connectivity index (χ1) is 11.5. The maximum absolute atomic E-state index is 11.6. The molecule has 0 radical (unpaired) electrons. The molecule has 0 aliphatic carbocycles. The van der Waals surface area contributed by atoms with Crippen LogP contribution in [-0.2, 0) is 0 Å². The Morgan fingerprint density at radius 3 is 2.71 bits per heavy atom. The Hall–Kier alpha value is -1.58. The van der Waals surface area contributed by atoms with Gasteiger partial charge in [0.25, 0.3) is 0 Å². The normalized spacial score (nSPS) is 10.6. The van der Waals surface area contributed by atoms with E-state index in [2.05, 4.69) is 48.8 Å². The molecular formula is C16H10BrClIN3O2. The second-order valence-electron chi connectivity index (χ2n) is 4.87. The van der Waals surface area contributed by atoms with Gasteiger partial charge in [-0.05, 0) is 68.9 Å². The molecule has 0 fully saturated rings. The van der Waals surface area contributed by atoms with Gasteiger partial charge in [-0.15, -0.1) is 0 Å². The molecule has 0 saturated carbocycles. The van der Waals surface area contributed by atoms with Gasteiger partial charge in [0.15, 0.2) is 0 Å². The number of nitrogens with zero attached hydrogens (tertiary/aromatic N) is 2. The molecule has 0 atom stereocenters. The van der Waals surface area contributed by atoms with Gasteiger partial charge >= 0.3 is 5.97 Å². The van der Waals surface area contributed by atoms with Crippen molar-refractivity contribution in [2.24, 2.45) is 0 Å². The van der Waals surface area contributed by atoms with E-state index in [1.807, 2.05) is 12.1 Å². The van der Waals surface area contributed by atoms with E-state index in [-0.39, 0.29) is 5.56 Å². The second-order valence-corrected chi connectivity index (χ2v) is 7.38. The van der Waals surface area contributed by atoms with Crippen LogP contribution in [0.15, 0.2) is 53.5 Å². The Morgan fingerprint density at radius 2 is 2.08 bits per heavy atom. The predicted molar refractivity (Wildman–Crippen MR) is 106 cm³/mol. The fourth-order valence-electron chi connectivity index (χ4n) is 2.18. The fraction of sp³-hybridized carbons (Fsp3) is 0. The van der Waals surface area contributed by atoms with Crippen LogP contribution in [0.5, 0.6) is 0 Å². The Balaban J connectivity index is 2.10. The first-order valence-corrected chi connectivity index (χ1v) is 8.98. The molecule has 122 valence electrons. The topological polar surface area (TPSA) is 67.1 Å². The predicted octanol–water partition coefficient (Wildman–Crippen LogP) is 5.33. The molecule has 0 bridgehead atoms. The SMILES string of the molecule is O=C(O)c1cc(Br)c(-n2ccnc2)cc1Nc1ccc(I)cc1Cl. The van der Waals surface area contributed by atoms with E-state index in [0.717, 1.165) is 9.26 Å². The fourth-order valence-corrected chi connectivity index (χ4v) is 3.63. The lowest BCUT2D eigenvalue weighted by molar-refractivity contribution is 0.0698. The number of hydrogen-bond donors (Lipinski definition) is 2. The van der Waals surface area contributed by atoms with Crippen LogP contribution in [0.25, 0.3) is 5.69 Å². The molecule has 0 saturated heterocycles. The van der Waals surface area contributed by atoms with Gasteiger partial charge in [0.05, 0.1) is 34.0 Å². The Labute approximate surface area is 164 Å². The summed E-state index contributed by atoms with van der Waals surface area (Å²) >= 11 is 11.8. The molecule has 0 aliphatic rings. The van der Waals surface area contributed by atoms with Gasteiger partial charge in [0.2, 0.25) is 0 Å². The number of anilines is 2. The molecule has 2 aromatic carbocycles. The molecule has 8 heteroatoms. The molecule has 0 amide bonds. The van der Waals surface area contributed by atoms with Gasteiger partial charge in [0.1, 0.15) is 0 Å². The van der Waals surface area contributed by atoms with Gasteiger partial charge < -0.3 is 15.0 Å². The molecule has 3 rings (SSSR count). The molecule has 1 aromatic heterocycles. The number of imidazole rings is 1. The van der Waals surface area contributed by atoms with Crippen molar-refractivity contribution in [3.8, 4) is 5.69 Å². The minimum Gasteiger partial charge on any atom is -0.478 e. The number of rotatable bonds is 4. The third-order valence-corrected chi connectivity index (χ3v) is 4.92. The number of benzene rings is 2. The van der Waals surface area contributed by atoms with Crippen LogP contribution in [-0.4, -0.2) is 20.6 Å². The zero-order chi connectivity index (χ0) is 17.3. The van der Waals surface area contributed by atoms with E-state index in [9.17, 15) is 9.90 Å². The number of aromatic nitrogens is 2. The Bertz CT molecular complexity index is 916. The van der Waals surface area contributed by atoms with Crippen LogP contribution in [0.3, 0.4) is 0 Å². The van der Waals surface area contributed by atoms with E-state index < -0.39 is 5.97 Å². The van der Waals surface area contributed by atoms with E-state index >= 15 is 0 Å². The third kappa shape index (κ3) is 3.57. The van der Waals surface area contributed by atoms with E-state index in [0.29, 0.717) is 20.9 Å².